The SMILES string of the molecule is Cn1ncc(C(F)(F)F)c1CC1CCNCC1. The summed E-state index contributed by atoms with van der Waals surface area (Å²) in [5.41, 5.74) is -0.275. The van der Waals surface area contributed by atoms with Crippen LogP contribution in [0.25, 0.3) is 0 Å². The Kier molecular flexibility index (Phi) is 3.42. The third-order valence-corrected chi connectivity index (χ3v) is 3.31. The third kappa shape index (κ3) is 2.80. The molecule has 17 heavy (non-hydrogen) atoms. The molecule has 1 aromatic rings. The average Bonchev–Trinajstić information content (AvgIpc) is 2.62. The van der Waals surface area contributed by atoms with Gasteiger partial charge in [-0.15, -0.1) is 0 Å². The number of piperidine rings is 1. The van der Waals surface area contributed by atoms with E-state index in [9.17, 15) is 13.2 Å². The molecule has 0 unspecified atom stereocenters. The van der Waals surface area contributed by atoms with Crippen LogP contribution in [0, 0.1) is 5.92 Å². The normalized spacial score (nSPS) is 18.6. The number of hydrogen-bond acceptors (Lipinski definition) is 2. The van der Waals surface area contributed by atoms with Crippen molar-refractivity contribution in [3.63, 3.8) is 0 Å². The molecule has 1 saturated heterocycles. The second-order valence-electron chi connectivity index (χ2n) is 4.52. The Morgan fingerprint density at radius 1 is 1.41 bits per heavy atom. The van der Waals surface area contributed by atoms with Crippen LogP contribution in [0.5, 0.6) is 0 Å². The molecule has 0 bridgehead atoms. The van der Waals surface area contributed by atoms with Gasteiger partial charge in [0.25, 0.3) is 0 Å². The second kappa shape index (κ2) is 4.68. The molecule has 0 atom stereocenters. The topological polar surface area (TPSA) is 29.9 Å². The Morgan fingerprint density at radius 2 is 2.06 bits per heavy atom. The number of aromatic nitrogens is 2. The van der Waals surface area contributed by atoms with E-state index in [1.807, 2.05) is 0 Å². The van der Waals surface area contributed by atoms with Gasteiger partial charge in [-0.1, -0.05) is 0 Å². The van der Waals surface area contributed by atoms with E-state index in [4.69, 9.17) is 0 Å². The lowest BCUT2D eigenvalue weighted by Gasteiger charge is -2.23. The molecule has 0 aliphatic carbocycles. The van der Waals surface area contributed by atoms with Gasteiger partial charge in [0, 0.05) is 7.05 Å². The van der Waals surface area contributed by atoms with E-state index in [1.165, 1.54) is 4.68 Å². The first-order chi connectivity index (χ1) is 7.98. The van der Waals surface area contributed by atoms with Crippen LogP contribution in [0.1, 0.15) is 24.1 Å². The van der Waals surface area contributed by atoms with Crippen molar-refractivity contribution < 1.29 is 13.2 Å². The molecule has 0 spiro atoms. The Hall–Kier alpha value is -1.04. The highest BCUT2D eigenvalue weighted by Gasteiger charge is 2.36. The molecule has 96 valence electrons. The van der Waals surface area contributed by atoms with Crippen molar-refractivity contribution in [3.05, 3.63) is 17.5 Å². The summed E-state index contributed by atoms with van der Waals surface area (Å²) in [6, 6.07) is 0. The fraction of sp³-hybridized carbons (Fsp3) is 0.727. The van der Waals surface area contributed by atoms with Crippen molar-refractivity contribution in [2.45, 2.75) is 25.4 Å². The highest BCUT2D eigenvalue weighted by Crippen LogP contribution is 2.33. The largest absolute Gasteiger partial charge is 0.419 e. The Morgan fingerprint density at radius 3 is 2.65 bits per heavy atom. The van der Waals surface area contributed by atoms with Crippen LogP contribution in [0.15, 0.2) is 6.20 Å². The smallest absolute Gasteiger partial charge is 0.317 e. The van der Waals surface area contributed by atoms with Crippen molar-refractivity contribution in [1.82, 2.24) is 15.1 Å². The zero-order valence-corrected chi connectivity index (χ0v) is 9.72. The molecular weight excluding hydrogens is 231 g/mol. The summed E-state index contributed by atoms with van der Waals surface area (Å²) in [6.45, 7) is 1.79. The molecule has 6 heteroatoms. The van der Waals surface area contributed by atoms with Gasteiger partial charge >= 0.3 is 6.18 Å². The van der Waals surface area contributed by atoms with Gasteiger partial charge in [0.05, 0.1) is 17.5 Å². The Bertz CT molecular complexity index is 378. The Balaban J connectivity index is 2.16. The van der Waals surface area contributed by atoms with Crippen molar-refractivity contribution in [2.75, 3.05) is 13.1 Å². The fourth-order valence-corrected chi connectivity index (χ4v) is 2.30. The standard InChI is InChI=1S/C11H16F3N3/c1-17-10(6-8-2-4-15-5-3-8)9(7-16-17)11(12,13)14/h7-8,15H,2-6H2,1H3. The first-order valence-electron chi connectivity index (χ1n) is 5.77. The van der Waals surface area contributed by atoms with Crippen molar-refractivity contribution >= 4 is 0 Å². The Labute approximate surface area is 98.0 Å². The van der Waals surface area contributed by atoms with Crippen LogP contribution < -0.4 is 5.32 Å². The maximum Gasteiger partial charge on any atom is 0.419 e. The average molecular weight is 247 g/mol. The number of halogens is 3. The molecule has 0 saturated carbocycles. The lowest BCUT2D eigenvalue weighted by molar-refractivity contribution is -0.138. The van der Waals surface area contributed by atoms with E-state index in [0.29, 0.717) is 18.0 Å². The third-order valence-electron chi connectivity index (χ3n) is 3.31. The van der Waals surface area contributed by atoms with Crippen LogP contribution in [0.2, 0.25) is 0 Å². The van der Waals surface area contributed by atoms with Crippen LogP contribution in [0.4, 0.5) is 13.2 Å². The van der Waals surface area contributed by atoms with Gasteiger partial charge in [0.15, 0.2) is 0 Å². The molecule has 1 N–H and O–H groups in total. The number of nitrogens with zero attached hydrogens (tertiary/aromatic N) is 2. The first kappa shape index (κ1) is 12.4. The monoisotopic (exact) mass is 247 g/mol. The minimum Gasteiger partial charge on any atom is -0.317 e. The number of alkyl halides is 3. The molecule has 0 radical (unpaired) electrons. The molecule has 2 rings (SSSR count). The minimum absolute atomic E-state index is 0.310. The highest BCUT2D eigenvalue weighted by molar-refractivity contribution is 5.21. The quantitative estimate of drug-likeness (QED) is 0.866. The molecule has 1 aliphatic heterocycles. The van der Waals surface area contributed by atoms with Crippen molar-refractivity contribution in [3.8, 4) is 0 Å². The molecule has 3 nitrogen and oxygen atoms in total. The molecule has 1 aromatic heterocycles. The number of hydrogen-bond donors (Lipinski definition) is 1. The summed E-state index contributed by atoms with van der Waals surface area (Å²) in [5.74, 6) is 0.327. The molecule has 1 fully saturated rings. The molecular formula is C11H16F3N3. The molecule has 0 aromatic carbocycles. The van der Waals surface area contributed by atoms with Crippen molar-refractivity contribution in [2.24, 2.45) is 13.0 Å². The van der Waals surface area contributed by atoms with E-state index < -0.39 is 11.7 Å². The summed E-state index contributed by atoms with van der Waals surface area (Å²) in [5, 5.41) is 6.94. The van der Waals surface area contributed by atoms with Crippen LogP contribution in [0.3, 0.4) is 0 Å². The summed E-state index contributed by atoms with van der Waals surface area (Å²) < 4.78 is 39.6. The van der Waals surface area contributed by atoms with E-state index in [2.05, 4.69) is 10.4 Å². The van der Waals surface area contributed by atoms with Crippen LogP contribution in [-0.2, 0) is 19.6 Å². The highest BCUT2D eigenvalue weighted by atomic mass is 19.4. The predicted octanol–water partition coefficient (Wildman–Crippen LogP) is 1.98. The second-order valence-corrected chi connectivity index (χ2v) is 4.52. The van der Waals surface area contributed by atoms with Gasteiger partial charge < -0.3 is 5.32 Å². The summed E-state index contributed by atoms with van der Waals surface area (Å²) in [7, 11) is 1.58. The van der Waals surface area contributed by atoms with Gasteiger partial charge in [-0.3, -0.25) is 4.68 Å². The zero-order valence-electron chi connectivity index (χ0n) is 9.72. The maximum atomic E-state index is 12.8. The van der Waals surface area contributed by atoms with E-state index in [0.717, 1.165) is 32.1 Å². The summed E-state index contributed by atoms with van der Waals surface area (Å²) >= 11 is 0. The number of nitrogens with one attached hydrogen (secondary N) is 1. The van der Waals surface area contributed by atoms with E-state index >= 15 is 0 Å². The van der Waals surface area contributed by atoms with Gasteiger partial charge in [0.1, 0.15) is 0 Å². The maximum absolute atomic E-state index is 12.8. The molecule has 0 amide bonds. The van der Waals surface area contributed by atoms with Crippen LogP contribution >= 0.6 is 0 Å². The fourth-order valence-electron chi connectivity index (χ4n) is 2.30. The van der Waals surface area contributed by atoms with Gasteiger partial charge in [-0.05, 0) is 38.3 Å². The molecule has 2 heterocycles. The lowest BCUT2D eigenvalue weighted by Crippen LogP contribution is -2.29. The van der Waals surface area contributed by atoms with E-state index in [-0.39, 0.29) is 0 Å². The van der Waals surface area contributed by atoms with Crippen molar-refractivity contribution in [1.29, 1.82) is 0 Å². The minimum atomic E-state index is -4.30. The molecule has 1 aliphatic rings. The zero-order chi connectivity index (χ0) is 12.5. The van der Waals surface area contributed by atoms with Gasteiger partial charge in [-0.25, -0.2) is 0 Å². The van der Waals surface area contributed by atoms with Gasteiger partial charge in [0.2, 0.25) is 0 Å². The van der Waals surface area contributed by atoms with Crippen LogP contribution in [-0.4, -0.2) is 22.9 Å². The summed E-state index contributed by atoms with van der Waals surface area (Å²) in [6.07, 6.45) is -1.04. The predicted molar refractivity (Wildman–Crippen MR) is 57.5 cm³/mol. The number of rotatable bonds is 2. The number of aryl methyl sites for hydroxylation is 1. The lowest BCUT2D eigenvalue weighted by atomic mass is 9.92. The van der Waals surface area contributed by atoms with E-state index in [1.54, 1.807) is 7.05 Å². The first-order valence-corrected chi connectivity index (χ1v) is 5.77. The summed E-state index contributed by atoms with van der Waals surface area (Å²) in [4.78, 5) is 0. The van der Waals surface area contributed by atoms with Gasteiger partial charge in [-0.2, -0.15) is 18.3 Å².